The average Bonchev–Trinajstić information content (AvgIpc) is 3.25. The van der Waals surface area contributed by atoms with Crippen LogP contribution in [0.25, 0.3) is 10.9 Å². The number of nitrogens with zero attached hydrogens (tertiary/aromatic N) is 2. The normalized spacial score (nSPS) is 14.8. The summed E-state index contributed by atoms with van der Waals surface area (Å²) in [6, 6.07) is 10.7. The van der Waals surface area contributed by atoms with Gasteiger partial charge in [0.05, 0.1) is 11.1 Å². The molecule has 180 valence electrons. The molecule has 1 aliphatic rings. The lowest BCUT2D eigenvalue weighted by molar-refractivity contribution is -0.136. The molecule has 4 rings (SSSR count). The predicted molar refractivity (Wildman–Crippen MR) is 123 cm³/mol. The Hall–Kier alpha value is -3.53. The molecular weight excluding hydrogens is 447 g/mol. The fourth-order valence-electron chi connectivity index (χ4n) is 4.10. The van der Waals surface area contributed by atoms with E-state index in [2.05, 4.69) is 9.88 Å². The molecular formula is C24H26F3N5O2. The maximum atomic E-state index is 13.6. The van der Waals surface area contributed by atoms with E-state index in [0.29, 0.717) is 5.75 Å². The average molecular weight is 473 g/mol. The van der Waals surface area contributed by atoms with E-state index >= 15 is 0 Å². The van der Waals surface area contributed by atoms with Crippen LogP contribution in [-0.2, 0) is 12.7 Å². The van der Waals surface area contributed by atoms with Gasteiger partial charge in [-0.15, -0.1) is 0 Å². The van der Waals surface area contributed by atoms with Gasteiger partial charge in [-0.05, 0) is 61.8 Å². The summed E-state index contributed by atoms with van der Waals surface area (Å²) in [5.41, 5.74) is 5.47. The molecule has 0 radical (unpaired) electrons. The molecule has 0 atom stereocenters. The number of carbonyl (C=O) groups is 1. The highest BCUT2D eigenvalue weighted by atomic mass is 19.4. The first-order chi connectivity index (χ1) is 16.1. The Balaban J connectivity index is 1.63. The van der Waals surface area contributed by atoms with Crippen LogP contribution < -0.4 is 10.5 Å². The first-order valence-electron chi connectivity index (χ1n) is 11.0. The summed E-state index contributed by atoms with van der Waals surface area (Å²) in [6.07, 6.45) is -0.953. The molecule has 0 aliphatic carbocycles. The number of alkyl halides is 3. The predicted octanol–water partition coefficient (Wildman–Crippen LogP) is 4.93. The number of H-pyrrole nitrogens is 1. The number of hydrogen-bond acceptors (Lipinski definition) is 4. The first kappa shape index (κ1) is 23.6. The second-order valence-electron chi connectivity index (χ2n) is 8.41. The van der Waals surface area contributed by atoms with Crippen molar-refractivity contribution in [2.75, 3.05) is 20.1 Å². The van der Waals surface area contributed by atoms with E-state index in [1.54, 1.807) is 12.1 Å². The minimum Gasteiger partial charge on any atom is -0.455 e. The van der Waals surface area contributed by atoms with Crippen LogP contribution in [0, 0.1) is 5.41 Å². The number of halogens is 3. The van der Waals surface area contributed by atoms with E-state index in [4.69, 9.17) is 15.9 Å². The van der Waals surface area contributed by atoms with Crippen molar-refractivity contribution in [2.45, 2.75) is 32.0 Å². The van der Waals surface area contributed by atoms with Gasteiger partial charge in [0, 0.05) is 19.0 Å². The molecule has 4 N–H and O–H groups in total. The summed E-state index contributed by atoms with van der Waals surface area (Å²) in [5, 5.41) is 7.20. The van der Waals surface area contributed by atoms with Crippen molar-refractivity contribution in [1.29, 1.82) is 5.41 Å². The number of benzene rings is 2. The van der Waals surface area contributed by atoms with Crippen molar-refractivity contribution in [2.24, 2.45) is 5.73 Å². The van der Waals surface area contributed by atoms with Crippen LogP contribution in [-0.4, -0.2) is 46.8 Å². The molecule has 2 heterocycles. The van der Waals surface area contributed by atoms with Crippen LogP contribution in [0.5, 0.6) is 11.5 Å². The van der Waals surface area contributed by atoms with Gasteiger partial charge in [-0.3, -0.25) is 20.0 Å². The SMILES string of the molecule is CN(C(=N)N)C(=O)c1cc2c(C(F)(F)F)ccc(Oc3ccc(CN4CCCCC4)cc3)c2[nH]1. The number of aromatic amines is 1. The summed E-state index contributed by atoms with van der Waals surface area (Å²) >= 11 is 0. The molecule has 1 fully saturated rings. The van der Waals surface area contributed by atoms with Crippen molar-refractivity contribution >= 4 is 22.8 Å². The molecule has 0 saturated carbocycles. The smallest absolute Gasteiger partial charge is 0.417 e. The maximum Gasteiger partial charge on any atom is 0.417 e. The molecule has 1 aromatic heterocycles. The lowest BCUT2D eigenvalue weighted by atomic mass is 10.1. The summed E-state index contributed by atoms with van der Waals surface area (Å²) in [7, 11) is 1.27. The molecule has 3 aromatic rings. The van der Waals surface area contributed by atoms with Gasteiger partial charge in [-0.25, -0.2) is 0 Å². The van der Waals surface area contributed by atoms with Gasteiger partial charge in [-0.2, -0.15) is 13.2 Å². The number of amides is 1. The Labute approximate surface area is 194 Å². The molecule has 0 unspecified atom stereocenters. The van der Waals surface area contributed by atoms with Crippen LogP contribution >= 0.6 is 0 Å². The van der Waals surface area contributed by atoms with Crippen LogP contribution in [0.1, 0.15) is 40.9 Å². The first-order valence-corrected chi connectivity index (χ1v) is 11.0. The summed E-state index contributed by atoms with van der Waals surface area (Å²) in [4.78, 5) is 18.5. The summed E-state index contributed by atoms with van der Waals surface area (Å²) in [6.45, 7) is 3.00. The number of likely N-dealkylation sites (tertiary alicyclic amines) is 1. The number of carbonyl (C=O) groups excluding carboxylic acids is 1. The van der Waals surface area contributed by atoms with Crippen molar-refractivity contribution in [1.82, 2.24) is 14.8 Å². The van der Waals surface area contributed by atoms with Crippen molar-refractivity contribution in [3.63, 3.8) is 0 Å². The Morgan fingerprint density at radius 2 is 1.82 bits per heavy atom. The minimum absolute atomic E-state index is 0.0347. The topological polar surface area (TPSA) is 98.4 Å². The van der Waals surface area contributed by atoms with Crippen LogP contribution in [0.4, 0.5) is 13.2 Å². The fraction of sp³-hybridized carbons (Fsp3) is 0.333. The quantitative estimate of drug-likeness (QED) is 0.361. The zero-order chi connectivity index (χ0) is 24.5. The van der Waals surface area contributed by atoms with Gasteiger partial charge in [-0.1, -0.05) is 18.6 Å². The number of fused-ring (bicyclic) bond motifs is 1. The Kier molecular flexibility index (Phi) is 6.52. The van der Waals surface area contributed by atoms with E-state index in [-0.39, 0.29) is 22.3 Å². The highest BCUT2D eigenvalue weighted by Gasteiger charge is 2.34. The number of nitrogens with one attached hydrogen (secondary N) is 2. The zero-order valence-electron chi connectivity index (χ0n) is 18.7. The third kappa shape index (κ3) is 5.01. The van der Waals surface area contributed by atoms with Crippen molar-refractivity contribution < 1.29 is 22.7 Å². The fourth-order valence-corrected chi connectivity index (χ4v) is 4.10. The number of nitrogens with two attached hydrogens (primary N) is 1. The van der Waals surface area contributed by atoms with E-state index < -0.39 is 23.6 Å². The number of hydrogen-bond donors (Lipinski definition) is 3. The lowest BCUT2D eigenvalue weighted by Gasteiger charge is -2.26. The zero-order valence-corrected chi connectivity index (χ0v) is 18.7. The Morgan fingerprint density at radius 3 is 2.44 bits per heavy atom. The number of guanidine groups is 1. The molecule has 1 aliphatic heterocycles. The summed E-state index contributed by atoms with van der Waals surface area (Å²) in [5.74, 6) is -0.645. The molecule has 10 heteroatoms. The molecule has 7 nitrogen and oxygen atoms in total. The Morgan fingerprint density at radius 1 is 1.15 bits per heavy atom. The number of rotatable bonds is 5. The van der Waals surface area contributed by atoms with E-state index in [1.807, 2.05) is 12.1 Å². The number of ether oxygens (including phenoxy) is 1. The van der Waals surface area contributed by atoms with Gasteiger partial charge in [0.2, 0.25) is 0 Å². The van der Waals surface area contributed by atoms with Gasteiger partial charge in [0.25, 0.3) is 5.91 Å². The molecule has 1 saturated heterocycles. The standard InChI is InChI=1S/C24H26F3N5O2/c1-31(23(28)29)22(33)19-13-17-18(24(25,26)27)9-10-20(21(17)30-19)34-16-7-5-15(6-8-16)14-32-11-3-2-4-12-32/h5-10,13,30H,2-4,11-12,14H2,1H3,(H3,28,29). The number of aromatic nitrogens is 1. The molecule has 0 spiro atoms. The minimum atomic E-state index is -4.62. The van der Waals surface area contributed by atoms with Gasteiger partial charge in [0.15, 0.2) is 11.7 Å². The monoisotopic (exact) mass is 473 g/mol. The van der Waals surface area contributed by atoms with E-state index in [1.165, 1.54) is 32.4 Å². The van der Waals surface area contributed by atoms with E-state index in [0.717, 1.165) is 42.2 Å². The highest BCUT2D eigenvalue weighted by Crippen LogP contribution is 2.40. The van der Waals surface area contributed by atoms with Gasteiger partial charge >= 0.3 is 6.18 Å². The van der Waals surface area contributed by atoms with Crippen LogP contribution in [0.2, 0.25) is 0 Å². The summed E-state index contributed by atoms with van der Waals surface area (Å²) < 4.78 is 46.7. The maximum absolute atomic E-state index is 13.6. The Bertz CT molecular complexity index is 1200. The lowest BCUT2D eigenvalue weighted by Crippen LogP contribution is -2.38. The van der Waals surface area contributed by atoms with Crippen molar-refractivity contribution in [3.05, 3.63) is 59.3 Å². The number of piperidine rings is 1. The van der Waals surface area contributed by atoms with Crippen LogP contribution in [0.3, 0.4) is 0 Å². The molecule has 34 heavy (non-hydrogen) atoms. The molecule has 1 amide bonds. The van der Waals surface area contributed by atoms with Gasteiger partial charge in [0.1, 0.15) is 11.4 Å². The van der Waals surface area contributed by atoms with Crippen molar-refractivity contribution in [3.8, 4) is 11.5 Å². The van der Waals surface area contributed by atoms with Crippen LogP contribution in [0.15, 0.2) is 42.5 Å². The van der Waals surface area contributed by atoms with Gasteiger partial charge < -0.3 is 15.5 Å². The largest absolute Gasteiger partial charge is 0.455 e. The third-order valence-electron chi connectivity index (χ3n) is 5.96. The van der Waals surface area contributed by atoms with E-state index in [9.17, 15) is 18.0 Å². The molecule has 0 bridgehead atoms. The molecule has 2 aromatic carbocycles. The second-order valence-corrected chi connectivity index (χ2v) is 8.41. The second kappa shape index (κ2) is 9.38. The highest BCUT2D eigenvalue weighted by molar-refractivity contribution is 6.06. The third-order valence-corrected chi connectivity index (χ3v) is 5.96.